The molecule has 6 rings (SSSR count). The quantitative estimate of drug-likeness (QED) is 0.110. The van der Waals surface area contributed by atoms with E-state index in [1.165, 1.54) is 12.1 Å². The molecular weight excluding hydrogens is 628 g/mol. The van der Waals surface area contributed by atoms with Gasteiger partial charge in [-0.05, 0) is 36.8 Å². The van der Waals surface area contributed by atoms with Crippen LogP contribution in [0.1, 0.15) is 22.8 Å². The van der Waals surface area contributed by atoms with Crippen LogP contribution in [-0.2, 0) is 0 Å². The maximum absolute atomic E-state index is 15.0. The second kappa shape index (κ2) is 11.1. The molecule has 2 aliphatic rings. The van der Waals surface area contributed by atoms with Crippen LogP contribution in [-0.4, -0.2) is 15.0 Å². The molecule has 47 heavy (non-hydrogen) atoms. The van der Waals surface area contributed by atoms with Gasteiger partial charge in [0.25, 0.3) is 0 Å². The van der Waals surface area contributed by atoms with Gasteiger partial charge in [0.15, 0.2) is 52.4 Å². The number of aryl methyl sites for hydroxylation is 1. The standard InChI is InChI=1S/C30H7F6N11/c1-10-3-16-17(4-11(10)7-37)42-26(41-16)12(8-38)28-45-29(47-30(46-28)20-21(32)23(34)25(36)24(35)22(20)33)13(9-39)27-43-18-5-14(31)15(40-2)6-19(18)44-27/h3-6H,1H3/b26-12-,27-13-. The maximum atomic E-state index is 15.0. The van der Waals surface area contributed by atoms with Crippen LogP contribution in [0, 0.1) is 82.4 Å². The fraction of sp³-hybridized carbons (Fsp3) is 0.0333. The fourth-order valence-corrected chi connectivity index (χ4v) is 4.43. The number of nitrogens with zero attached hydrogens (tertiary/aromatic N) is 11. The number of benzene rings is 3. The van der Waals surface area contributed by atoms with Crippen LogP contribution in [0.4, 0.5) is 32.0 Å². The average Bonchev–Trinajstić information content (AvgIpc) is 3.65. The second-order valence-corrected chi connectivity index (χ2v) is 9.49. The first-order chi connectivity index (χ1) is 22.5. The number of aromatic nitrogens is 3. The minimum atomic E-state index is -2.46. The van der Waals surface area contributed by atoms with Crippen molar-refractivity contribution >= 4 is 16.8 Å². The van der Waals surface area contributed by atoms with E-state index in [0.29, 0.717) is 5.56 Å². The maximum Gasteiger partial charge on any atom is 0.224 e. The zero-order valence-electron chi connectivity index (χ0n) is 23.0. The average molecular weight is 635 g/mol. The summed E-state index contributed by atoms with van der Waals surface area (Å²) in [6.45, 7) is 8.71. The van der Waals surface area contributed by atoms with Gasteiger partial charge in [0.2, 0.25) is 11.5 Å². The predicted octanol–water partition coefficient (Wildman–Crippen LogP) is 3.39. The van der Waals surface area contributed by atoms with Crippen LogP contribution in [0.2, 0.25) is 0 Å². The topological polar surface area (TPSA) is 164 Å². The smallest absolute Gasteiger partial charge is 0.224 e. The van der Waals surface area contributed by atoms with Gasteiger partial charge in [-0.15, -0.1) is 0 Å². The zero-order valence-corrected chi connectivity index (χ0v) is 23.0. The van der Waals surface area contributed by atoms with E-state index in [1.807, 2.05) is 6.07 Å². The molecule has 0 aliphatic carbocycles. The van der Waals surface area contributed by atoms with Crippen LogP contribution >= 0.6 is 0 Å². The molecule has 0 unspecified atom stereocenters. The molecule has 2 aliphatic heterocycles. The number of allylic oxidation sites excluding steroid dienone is 2. The lowest BCUT2D eigenvalue weighted by Gasteiger charge is -2.10. The van der Waals surface area contributed by atoms with Gasteiger partial charge in [0.05, 0.1) is 45.2 Å². The third-order valence-electron chi connectivity index (χ3n) is 6.70. The Balaban J connectivity index is 1.67. The monoisotopic (exact) mass is 635 g/mol. The van der Waals surface area contributed by atoms with Gasteiger partial charge >= 0.3 is 0 Å². The van der Waals surface area contributed by atoms with Crippen molar-refractivity contribution in [2.75, 3.05) is 0 Å². The van der Waals surface area contributed by atoms with Gasteiger partial charge < -0.3 is 0 Å². The highest BCUT2D eigenvalue weighted by atomic mass is 19.2. The van der Waals surface area contributed by atoms with Crippen molar-refractivity contribution in [2.45, 2.75) is 6.92 Å². The van der Waals surface area contributed by atoms with E-state index in [2.05, 4.69) is 39.8 Å². The first-order valence-electron chi connectivity index (χ1n) is 12.7. The number of nitriles is 3. The highest BCUT2D eigenvalue weighted by molar-refractivity contribution is 5.80. The molecule has 4 aromatic rings. The number of fused-ring (bicyclic) bond motifs is 2. The third-order valence-corrected chi connectivity index (χ3v) is 6.70. The molecular formula is C30H7F6N11. The van der Waals surface area contributed by atoms with Crippen LogP contribution in [0.5, 0.6) is 0 Å². The van der Waals surface area contributed by atoms with Crippen LogP contribution in [0.15, 0.2) is 55.9 Å². The Hall–Kier alpha value is -7.11. The summed E-state index contributed by atoms with van der Waals surface area (Å²) < 4.78 is 86.5. The van der Waals surface area contributed by atoms with E-state index in [9.17, 15) is 42.1 Å². The van der Waals surface area contributed by atoms with E-state index >= 15 is 0 Å². The molecule has 17 heteroatoms. The molecule has 0 radical (unpaired) electrons. The summed E-state index contributed by atoms with van der Waals surface area (Å²) in [4.78, 5) is 31.1. The molecule has 0 bridgehead atoms. The second-order valence-electron chi connectivity index (χ2n) is 9.49. The lowest BCUT2D eigenvalue weighted by atomic mass is 10.1. The first kappa shape index (κ1) is 29.9. The summed E-state index contributed by atoms with van der Waals surface area (Å²) in [5.74, 6) is -16.3. The van der Waals surface area contributed by atoms with Gasteiger partial charge in [0, 0.05) is 0 Å². The van der Waals surface area contributed by atoms with Crippen molar-refractivity contribution in [1.29, 1.82) is 15.8 Å². The molecule has 0 fully saturated rings. The summed E-state index contributed by atoms with van der Waals surface area (Å²) in [7, 11) is 0. The summed E-state index contributed by atoms with van der Waals surface area (Å²) >= 11 is 0. The van der Waals surface area contributed by atoms with E-state index in [1.54, 1.807) is 19.1 Å². The summed E-state index contributed by atoms with van der Waals surface area (Å²) in [6, 6.07) is 10.2. The Labute approximate surface area is 257 Å². The molecule has 0 saturated heterocycles. The molecule has 3 heterocycles. The lowest BCUT2D eigenvalue weighted by molar-refractivity contribution is 0.380. The van der Waals surface area contributed by atoms with E-state index < -0.39 is 80.6 Å². The molecule has 0 amide bonds. The highest BCUT2D eigenvalue weighted by Crippen LogP contribution is 2.32. The Morgan fingerprint density at radius 1 is 0.660 bits per heavy atom. The molecule has 224 valence electrons. The SMILES string of the molecule is [C-]#[N+]c1cc2c(cc1F)=N/C(=C(\C#N)c1nc(/C(C#N)=C3/N=c4cc(C)c(C#N)cc4=N3)nc(-c3c(F)c(F)c(F)c(F)c3F)n1)N=2. The molecule has 0 N–H and O–H groups in total. The van der Waals surface area contributed by atoms with Crippen molar-refractivity contribution < 1.29 is 26.3 Å². The summed E-state index contributed by atoms with van der Waals surface area (Å²) in [5, 5.41) is 29.7. The normalized spacial score (nSPS) is 14.5. The Morgan fingerprint density at radius 3 is 1.62 bits per heavy atom. The molecule has 0 spiro atoms. The number of hydrogen-bond acceptors (Lipinski definition) is 10. The Morgan fingerprint density at radius 2 is 1.13 bits per heavy atom. The van der Waals surface area contributed by atoms with Gasteiger partial charge in [0.1, 0.15) is 29.1 Å². The van der Waals surface area contributed by atoms with Crippen molar-refractivity contribution in [3.05, 3.63) is 126 Å². The Bertz CT molecular complexity index is 2480. The number of hydrogen-bond donors (Lipinski definition) is 0. The van der Waals surface area contributed by atoms with Gasteiger partial charge in [-0.1, -0.05) is 0 Å². The third kappa shape index (κ3) is 4.81. The minimum Gasteiger partial charge on any atom is -0.235 e. The van der Waals surface area contributed by atoms with Gasteiger partial charge in [-0.2, -0.15) is 15.8 Å². The van der Waals surface area contributed by atoms with Crippen LogP contribution < -0.4 is 21.4 Å². The highest BCUT2D eigenvalue weighted by Gasteiger charge is 2.30. The Kier molecular flexibility index (Phi) is 7.08. The fourth-order valence-electron chi connectivity index (χ4n) is 4.43. The number of rotatable bonds is 3. The number of halogens is 6. The van der Waals surface area contributed by atoms with Gasteiger partial charge in [-0.3, -0.25) is 0 Å². The molecule has 0 saturated carbocycles. The largest absolute Gasteiger partial charge is 0.235 e. The first-order valence-corrected chi connectivity index (χ1v) is 12.7. The minimum absolute atomic E-state index is 0.0393. The van der Waals surface area contributed by atoms with E-state index in [4.69, 9.17) is 6.57 Å². The lowest BCUT2D eigenvalue weighted by Crippen LogP contribution is -2.22. The van der Waals surface area contributed by atoms with Crippen molar-refractivity contribution in [3.63, 3.8) is 0 Å². The molecule has 0 atom stereocenters. The summed E-state index contributed by atoms with van der Waals surface area (Å²) in [5.41, 5.74) is -2.48. The predicted molar refractivity (Wildman–Crippen MR) is 143 cm³/mol. The van der Waals surface area contributed by atoms with E-state index in [0.717, 1.165) is 12.1 Å². The zero-order chi connectivity index (χ0) is 33.7. The van der Waals surface area contributed by atoms with Crippen LogP contribution in [0.25, 0.3) is 27.4 Å². The van der Waals surface area contributed by atoms with Crippen molar-refractivity contribution in [1.82, 2.24) is 15.0 Å². The van der Waals surface area contributed by atoms with Crippen molar-refractivity contribution in [3.8, 4) is 29.6 Å². The van der Waals surface area contributed by atoms with Crippen LogP contribution in [0.3, 0.4) is 0 Å². The molecule has 3 aromatic carbocycles. The van der Waals surface area contributed by atoms with E-state index in [-0.39, 0.29) is 32.8 Å². The van der Waals surface area contributed by atoms with Gasteiger partial charge in [-0.25, -0.2) is 66.1 Å². The molecule has 11 nitrogen and oxygen atoms in total. The van der Waals surface area contributed by atoms with Crippen molar-refractivity contribution in [2.24, 2.45) is 20.0 Å². The molecule has 1 aromatic heterocycles. The summed E-state index contributed by atoms with van der Waals surface area (Å²) in [6.07, 6.45) is 0.